The molecule has 102 valence electrons. The fraction of sp³-hybridized carbons (Fsp3) is 0. The molecule has 0 spiro atoms. The summed E-state index contributed by atoms with van der Waals surface area (Å²) < 4.78 is 65.6. The van der Waals surface area contributed by atoms with E-state index in [9.17, 15) is 25.9 Å². The second-order valence-electron chi connectivity index (χ2n) is 3.77. The fourth-order valence-electron chi connectivity index (χ4n) is 1.68. The Bertz CT molecular complexity index is 875. The molecule has 0 aliphatic heterocycles. The van der Waals surface area contributed by atoms with Crippen molar-refractivity contribution < 1.29 is 85.1 Å². The number of hydrogen-bond acceptors (Lipinski definition) is 7. The van der Waals surface area contributed by atoms with Crippen LogP contribution >= 0.6 is 0 Å². The van der Waals surface area contributed by atoms with E-state index in [1.165, 1.54) is 12.1 Å². The number of fused-ring (bicyclic) bond motifs is 1. The van der Waals surface area contributed by atoms with E-state index in [1.807, 2.05) is 0 Å². The largest absolute Gasteiger partial charge is 1.00 e. The van der Waals surface area contributed by atoms with Gasteiger partial charge in [-0.05, 0) is 23.6 Å². The number of benzene rings is 2. The van der Waals surface area contributed by atoms with E-state index in [1.54, 1.807) is 0 Å². The molecule has 0 atom stereocenters. The Morgan fingerprint density at radius 1 is 0.857 bits per heavy atom. The Labute approximate surface area is 166 Å². The zero-order chi connectivity index (χ0) is 14.4. The van der Waals surface area contributed by atoms with E-state index >= 15 is 0 Å². The van der Waals surface area contributed by atoms with Crippen LogP contribution in [-0.2, 0) is 20.2 Å². The van der Waals surface area contributed by atoms with Crippen molar-refractivity contribution in [2.45, 2.75) is 9.79 Å². The molecule has 0 unspecified atom stereocenters. The molecule has 2 N–H and O–H groups in total. The van der Waals surface area contributed by atoms with Gasteiger partial charge in [-0.2, -0.15) is 0 Å². The predicted molar refractivity (Wildman–Crippen MR) is 64.3 cm³/mol. The molecule has 11 heteroatoms. The van der Waals surface area contributed by atoms with Gasteiger partial charge in [0, 0.05) is 5.39 Å². The van der Waals surface area contributed by atoms with Crippen LogP contribution in [0.4, 0.5) is 5.69 Å². The molecule has 0 aromatic heterocycles. The summed E-state index contributed by atoms with van der Waals surface area (Å²) in [5, 5.41) is 0.436. The third-order valence-electron chi connectivity index (χ3n) is 2.55. The molecule has 0 aliphatic carbocycles. The van der Waals surface area contributed by atoms with Gasteiger partial charge in [0.25, 0.3) is 0 Å². The minimum atomic E-state index is -4.78. The Hall–Kier alpha value is 0.320. The van der Waals surface area contributed by atoms with Crippen molar-refractivity contribution in [2.24, 2.45) is 0 Å². The minimum absolute atomic E-state index is 0. The van der Waals surface area contributed by atoms with E-state index in [2.05, 4.69) is 0 Å². The molecule has 0 heterocycles. The van der Waals surface area contributed by atoms with E-state index in [0.717, 1.165) is 18.2 Å². The van der Waals surface area contributed by atoms with Crippen LogP contribution in [-0.4, -0.2) is 25.9 Å². The fourth-order valence-corrected chi connectivity index (χ4v) is 2.79. The van der Waals surface area contributed by atoms with Crippen molar-refractivity contribution in [3.05, 3.63) is 30.3 Å². The van der Waals surface area contributed by atoms with Gasteiger partial charge in [0.15, 0.2) is 0 Å². The van der Waals surface area contributed by atoms with Gasteiger partial charge in [-0.3, -0.25) is 0 Å². The van der Waals surface area contributed by atoms with Gasteiger partial charge < -0.3 is 14.8 Å². The molecule has 0 amide bonds. The van der Waals surface area contributed by atoms with Gasteiger partial charge in [0.1, 0.15) is 20.2 Å². The normalized spacial score (nSPS) is 11.5. The molecule has 0 aliphatic rings. The van der Waals surface area contributed by atoms with Gasteiger partial charge in [-0.15, -0.1) is 0 Å². The first-order chi connectivity index (χ1) is 8.60. The van der Waals surface area contributed by atoms with E-state index in [0.29, 0.717) is 5.39 Å². The molecule has 2 aromatic carbocycles. The van der Waals surface area contributed by atoms with Crippen LogP contribution in [0.3, 0.4) is 0 Å². The van der Waals surface area contributed by atoms with Crippen molar-refractivity contribution in [3.63, 3.8) is 0 Å². The summed E-state index contributed by atoms with van der Waals surface area (Å²) in [4.78, 5) is -1.20. The van der Waals surface area contributed by atoms with Crippen LogP contribution in [0.5, 0.6) is 0 Å². The van der Waals surface area contributed by atoms with Crippen LogP contribution in [0, 0.1) is 0 Å². The number of nitrogens with two attached hydrogens (primary N) is 1. The number of hydrogen-bond donors (Lipinski definition) is 1. The third kappa shape index (κ3) is 4.64. The molecule has 7 nitrogen and oxygen atoms in total. The Balaban J connectivity index is 0.00000200. The van der Waals surface area contributed by atoms with Crippen molar-refractivity contribution in [1.82, 2.24) is 0 Å². The standard InChI is InChI=1S/C10H9NO6S2.2Na/c11-10-8-5-7(18(12,13)14)3-1-6(8)2-4-9(10)19(15,16)17;;/h1-5H,11H2,(H,12,13,14)(H,15,16,17);;/q;2*+1/p-2. The van der Waals surface area contributed by atoms with Crippen LogP contribution in [0.1, 0.15) is 0 Å². The van der Waals surface area contributed by atoms with Gasteiger partial charge in [0.2, 0.25) is 0 Å². The van der Waals surface area contributed by atoms with Gasteiger partial charge in [-0.25, -0.2) is 16.8 Å². The summed E-state index contributed by atoms with van der Waals surface area (Å²) in [6, 6.07) is 5.66. The summed E-state index contributed by atoms with van der Waals surface area (Å²) in [6.45, 7) is 0. The topological polar surface area (TPSA) is 140 Å². The first-order valence-corrected chi connectivity index (χ1v) is 7.66. The molecular formula is C10H7NNa2O6S2. The molecule has 0 fully saturated rings. The molecule has 0 bridgehead atoms. The molecule has 2 rings (SSSR count). The first-order valence-electron chi connectivity index (χ1n) is 4.85. The summed E-state index contributed by atoms with van der Waals surface area (Å²) in [6.07, 6.45) is 0. The van der Waals surface area contributed by atoms with E-state index in [-0.39, 0.29) is 70.2 Å². The van der Waals surface area contributed by atoms with Crippen molar-refractivity contribution >= 4 is 36.7 Å². The van der Waals surface area contributed by atoms with Crippen LogP contribution < -0.4 is 64.8 Å². The molecule has 0 saturated heterocycles. The average molecular weight is 347 g/mol. The summed E-state index contributed by atoms with van der Waals surface area (Å²) in [5.74, 6) is 0. The Morgan fingerprint density at radius 2 is 1.38 bits per heavy atom. The molecule has 2 aromatic rings. The zero-order valence-corrected chi connectivity index (χ0v) is 16.9. The van der Waals surface area contributed by atoms with Gasteiger partial charge >= 0.3 is 59.1 Å². The quantitative estimate of drug-likeness (QED) is 0.324. The zero-order valence-electron chi connectivity index (χ0n) is 11.2. The van der Waals surface area contributed by atoms with E-state index in [4.69, 9.17) is 5.73 Å². The summed E-state index contributed by atoms with van der Waals surface area (Å²) in [7, 11) is -9.47. The van der Waals surface area contributed by atoms with Gasteiger partial charge in [0.05, 0.1) is 15.5 Å². The van der Waals surface area contributed by atoms with Crippen molar-refractivity contribution in [1.29, 1.82) is 0 Å². The SMILES string of the molecule is Nc1c(S(=O)(=O)[O-])ccc2ccc(S(=O)(=O)[O-])cc12.[Na+].[Na+]. The average Bonchev–Trinajstić information content (AvgIpc) is 2.26. The van der Waals surface area contributed by atoms with Crippen LogP contribution in [0.25, 0.3) is 10.8 Å². The Morgan fingerprint density at radius 3 is 1.86 bits per heavy atom. The second kappa shape index (κ2) is 7.26. The van der Waals surface area contributed by atoms with E-state index < -0.39 is 30.0 Å². The summed E-state index contributed by atoms with van der Waals surface area (Å²) >= 11 is 0. The Kier molecular flexibility index (Phi) is 7.37. The van der Waals surface area contributed by atoms with Crippen LogP contribution in [0.2, 0.25) is 0 Å². The maximum Gasteiger partial charge on any atom is 1.00 e. The molecule has 21 heavy (non-hydrogen) atoms. The monoisotopic (exact) mass is 347 g/mol. The molecule has 0 saturated carbocycles. The number of anilines is 1. The third-order valence-corrected chi connectivity index (χ3v) is 4.28. The predicted octanol–water partition coefficient (Wildman–Crippen LogP) is -5.76. The molecular weight excluding hydrogens is 340 g/mol. The van der Waals surface area contributed by atoms with Crippen molar-refractivity contribution in [2.75, 3.05) is 5.73 Å². The smallest absolute Gasteiger partial charge is 0.744 e. The number of nitrogen functional groups attached to an aromatic ring is 1. The van der Waals surface area contributed by atoms with Crippen LogP contribution in [0.15, 0.2) is 40.1 Å². The maximum absolute atomic E-state index is 11.0. The minimum Gasteiger partial charge on any atom is -0.744 e. The van der Waals surface area contributed by atoms with Gasteiger partial charge in [-0.1, -0.05) is 12.1 Å². The maximum atomic E-state index is 11.0. The second-order valence-corrected chi connectivity index (χ2v) is 6.50. The van der Waals surface area contributed by atoms with Crippen molar-refractivity contribution in [3.8, 4) is 0 Å². The molecule has 0 radical (unpaired) electrons. The summed E-state index contributed by atoms with van der Waals surface area (Å²) in [5.41, 5.74) is 5.16. The number of rotatable bonds is 2. The first kappa shape index (κ1) is 21.3.